The van der Waals surface area contributed by atoms with Gasteiger partial charge in [0.1, 0.15) is 5.82 Å². The third-order valence-electron chi connectivity index (χ3n) is 2.82. The number of hydrogen-bond donors (Lipinski definition) is 3. The van der Waals surface area contributed by atoms with Crippen LogP contribution in [-0.2, 0) is 6.42 Å². The molecule has 0 radical (unpaired) electrons. The van der Waals surface area contributed by atoms with Crippen LogP contribution in [0.25, 0.3) is 0 Å². The fraction of sp³-hybridized carbons (Fsp3) is 0.154. The Kier molecular flexibility index (Phi) is 3.86. The minimum atomic E-state index is -0.285. The molecule has 94 valence electrons. The molecule has 1 atom stereocenters. The second kappa shape index (κ2) is 5.57. The van der Waals surface area contributed by atoms with E-state index >= 15 is 0 Å². The zero-order valence-electron chi connectivity index (χ0n) is 9.81. The van der Waals surface area contributed by atoms with Gasteiger partial charge in [-0.05, 0) is 35.7 Å². The maximum Gasteiger partial charge on any atom is 0.123 e. The number of anilines is 1. The van der Waals surface area contributed by atoms with Gasteiger partial charge in [0.25, 0.3) is 0 Å². The van der Waals surface area contributed by atoms with Crippen LogP contribution in [0.5, 0.6) is 0 Å². The van der Waals surface area contributed by atoms with Gasteiger partial charge in [-0.1, -0.05) is 12.1 Å². The SMILES string of the molecule is NNC(Cc1cnccc1N)c1cccc(F)c1. The van der Waals surface area contributed by atoms with E-state index < -0.39 is 0 Å². The normalized spacial score (nSPS) is 12.3. The molecular weight excluding hydrogens is 231 g/mol. The third kappa shape index (κ3) is 2.82. The Balaban J connectivity index is 2.23. The lowest BCUT2D eigenvalue weighted by Crippen LogP contribution is -2.29. The molecule has 0 aliphatic rings. The number of nitrogens with one attached hydrogen (secondary N) is 1. The highest BCUT2D eigenvalue weighted by molar-refractivity contribution is 5.45. The lowest BCUT2D eigenvalue weighted by molar-refractivity contribution is 0.544. The van der Waals surface area contributed by atoms with Crippen molar-refractivity contribution in [3.05, 3.63) is 59.7 Å². The summed E-state index contributed by atoms with van der Waals surface area (Å²) in [6, 6.07) is 7.86. The van der Waals surface area contributed by atoms with E-state index in [9.17, 15) is 4.39 Å². The molecule has 5 N–H and O–H groups in total. The van der Waals surface area contributed by atoms with Crippen molar-refractivity contribution in [2.24, 2.45) is 5.84 Å². The van der Waals surface area contributed by atoms with Crippen LogP contribution in [0, 0.1) is 5.82 Å². The maximum atomic E-state index is 13.2. The Morgan fingerprint density at radius 2 is 2.17 bits per heavy atom. The van der Waals surface area contributed by atoms with Crippen molar-refractivity contribution in [1.29, 1.82) is 0 Å². The predicted octanol–water partition coefficient (Wildman–Crippen LogP) is 1.55. The van der Waals surface area contributed by atoms with Crippen LogP contribution in [-0.4, -0.2) is 4.98 Å². The van der Waals surface area contributed by atoms with Crippen LogP contribution in [0.15, 0.2) is 42.7 Å². The molecule has 0 fully saturated rings. The summed E-state index contributed by atoms with van der Waals surface area (Å²) in [4.78, 5) is 4.02. The molecule has 0 aliphatic carbocycles. The molecular formula is C13H15FN4. The minimum Gasteiger partial charge on any atom is -0.398 e. The van der Waals surface area contributed by atoms with Gasteiger partial charge in [-0.15, -0.1) is 0 Å². The minimum absolute atomic E-state index is 0.202. The third-order valence-corrected chi connectivity index (χ3v) is 2.82. The van der Waals surface area contributed by atoms with E-state index in [0.29, 0.717) is 12.1 Å². The van der Waals surface area contributed by atoms with E-state index in [0.717, 1.165) is 11.1 Å². The highest BCUT2D eigenvalue weighted by Crippen LogP contribution is 2.21. The van der Waals surface area contributed by atoms with Crippen LogP contribution in [0.1, 0.15) is 17.2 Å². The molecule has 2 aromatic rings. The zero-order chi connectivity index (χ0) is 13.0. The molecule has 1 unspecified atom stereocenters. The average molecular weight is 246 g/mol. The van der Waals surface area contributed by atoms with Gasteiger partial charge in [-0.2, -0.15) is 0 Å². The van der Waals surface area contributed by atoms with Crippen molar-refractivity contribution in [3.63, 3.8) is 0 Å². The molecule has 1 heterocycles. The van der Waals surface area contributed by atoms with Gasteiger partial charge < -0.3 is 5.73 Å². The lowest BCUT2D eigenvalue weighted by atomic mass is 9.99. The second-order valence-corrected chi connectivity index (χ2v) is 4.05. The summed E-state index contributed by atoms with van der Waals surface area (Å²) in [7, 11) is 0. The van der Waals surface area contributed by atoms with Gasteiger partial charge in [-0.3, -0.25) is 16.3 Å². The van der Waals surface area contributed by atoms with Crippen molar-refractivity contribution in [2.75, 3.05) is 5.73 Å². The summed E-state index contributed by atoms with van der Waals surface area (Å²) >= 11 is 0. The number of benzene rings is 1. The van der Waals surface area contributed by atoms with Crippen molar-refractivity contribution in [2.45, 2.75) is 12.5 Å². The van der Waals surface area contributed by atoms with Crippen LogP contribution in [0.4, 0.5) is 10.1 Å². The summed E-state index contributed by atoms with van der Waals surface area (Å²) < 4.78 is 13.2. The second-order valence-electron chi connectivity index (χ2n) is 4.05. The fourth-order valence-electron chi connectivity index (χ4n) is 1.82. The van der Waals surface area contributed by atoms with Crippen LogP contribution >= 0.6 is 0 Å². The predicted molar refractivity (Wildman–Crippen MR) is 68.8 cm³/mol. The van der Waals surface area contributed by atoms with Gasteiger partial charge in [0.15, 0.2) is 0 Å². The highest BCUT2D eigenvalue weighted by Gasteiger charge is 2.12. The quantitative estimate of drug-likeness (QED) is 0.565. The van der Waals surface area contributed by atoms with Gasteiger partial charge in [0, 0.05) is 18.1 Å². The molecule has 2 rings (SSSR count). The number of pyridine rings is 1. The number of nitrogens with two attached hydrogens (primary N) is 2. The molecule has 0 aliphatic heterocycles. The molecule has 0 amide bonds. The van der Waals surface area contributed by atoms with Crippen molar-refractivity contribution in [3.8, 4) is 0 Å². The number of nitrogens with zero attached hydrogens (tertiary/aromatic N) is 1. The Bertz CT molecular complexity index is 530. The Morgan fingerprint density at radius 1 is 1.33 bits per heavy atom. The Hall–Kier alpha value is -1.98. The molecule has 0 saturated carbocycles. The topological polar surface area (TPSA) is 77.0 Å². The first-order valence-electron chi connectivity index (χ1n) is 5.60. The highest BCUT2D eigenvalue weighted by atomic mass is 19.1. The monoisotopic (exact) mass is 246 g/mol. The first-order valence-corrected chi connectivity index (χ1v) is 5.60. The van der Waals surface area contributed by atoms with Crippen LogP contribution in [0.2, 0.25) is 0 Å². The average Bonchev–Trinajstić information content (AvgIpc) is 2.38. The van der Waals surface area contributed by atoms with Crippen molar-refractivity contribution in [1.82, 2.24) is 10.4 Å². The van der Waals surface area contributed by atoms with Gasteiger partial charge in [-0.25, -0.2) is 4.39 Å². The van der Waals surface area contributed by atoms with Crippen LogP contribution in [0.3, 0.4) is 0 Å². The van der Waals surface area contributed by atoms with Crippen molar-refractivity contribution < 1.29 is 4.39 Å². The summed E-state index contributed by atoms with van der Waals surface area (Å²) in [5.41, 5.74) is 10.8. The molecule has 0 saturated heterocycles. The van der Waals surface area contributed by atoms with Gasteiger partial charge >= 0.3 is 0 Å². The molecule has 0 spiro atoms. The van der Waals surface area contributed by atoms with E-state index in [-0.39, 0.29) is 11.9 Å². The Labute approximate surface area is 105 Å². The van der Waals surface area contributed by atoms with Crippen molar-refractivity contribution >= 4 is 5.69 Å². The first-order chi connectivity index (χ1) is 8.70. The van der Waals surface area contributed by atoms with Crippen LogP contribution < -0.4 is 17.0 Å². The number of rotatable bonds is 4. The number of halogens is 1. The Morgan fingerprint density at radius 3 is 2.83 bits per heavy atom. The number of hydrazine groups is 1. The lowest BCUT2D eigenvalue weighted by Gasteiger charge is -2.17. The number of aromatic nitrogens is 1. The molecule has 4 nitrogen and oxygen atoms in total. The summed E-state index contributed by atoms with van der Waals surface area (Å²) in [5, 5.41) is 0. The van der Waals surface area contributed by atoms with E-state index in [2.05, 4.69) is 10.4 Å². The molecule has 5 heteroatoms. The molecule has 0 bridgehead atoms. The maximum absolute atomic E-state index is 13.2. The number of nitrogen functional groups attached to an aromatic ring is 1. The van der Waals surface area contributed by atoms with E-state index in [4.69, 9.17) is 11.6 Å². The smallest absolute Gasteiger partial charge is 0.123 e. The van der Waals surface area contributed by atoms with E-state index in [1.165, 1.54) is 12.1 Å². The zero-order valence-corrected chi connectivity index (χ0v) is 9.81. The first kappa shape index (κ1) is 12.5. The summed E-state index contributed by atoms with van der Waals surface area (Å²) in [6.07, 6.45) is 3.88. The molecule has 1 aromatic heterocycles. The fourth-order valence-corrected chi connectivity index (χ4v) is 1.82. The van der Waals surface area contributed by atoms with E-state index in [1.807, 2.05) is 6.07 Å². The standard InChI is InChI=1S/C13H15FN4/c14-11-3-1-2-9(6-11)13(18-16)7-10-8-17-5-4-12(10)15/h1-6,8,13,18H,7,16H2,(H2,15,17). The number of hydrogen-bond acceptors (Lipinski definition) is 4. The molecule has 18 heavy (non-hydrogen) atoms. The van der Waals surface area contributed by atoms with Gasteiger partial charge in [0.2, 0.25) is 0 Å². The van der Waals surface area contributed by atoms with Gasteiger partial charge in [0.05, 0.1) is 6.04 Å². The summed E-state index contributed by atoms with van der Waals surface area (Å²) in [6.45, 7) is 0. The largest absolute Gasteiger partial charge is 0.398 e. The molecule has 1 aromatic carbocycles. The summed E-state index contributed by atoms with van der Waals surface area (Å²) in [5.74, 6) is 5.23. The van der Waals surface area contributed by atoms with E-state index in [1.54, 1.807) is 24.5 Å².